The molecule has 0 atom stereocenters. The molecule has 0 aliphatic heterocycles. The number of nitrogen functional groups attached to an aromatic ring is 1. The van der Waals surface area contributed by atoms with E-state index in [0.717, 1.165) is 10.3 Å². The van der Waals surface area contributed by atoms with E-state index in [9.17, 15) is 0 Å². The van der Waals surface area contributed by atoms with Crippen molar-refractivity contribution in [3.63, 3.8) is 0 Å². The van der Waals surface area contributed by atoms with Crippen molar-refractivity contribution in [2.75, 3.05) is 12.8 Å². The Morgan fingerprint density at radius 2 is 2.12 bits per heavy atom. The van der Waals surface area contributed by atoms with Crippen LogP contribution in [0.3, 0.4) is 0 Å². The van der Waals surface area contributed by atoms with Gasteiger partial charge in [0.2, 0.25) is 5.88 Å². The molecule has 0 aliphatic carbocycles. The van der Waals surface area contributed by atoms with Crippen LogP contribution in [0.5, 0.6) is 5.88 Å². The van der Waals surface area contributed by atoms with Crippen molar-refractivity contribution < 1.29 is 56.1 Å². The minimum atomic E-state index is 0. The summed E-state index contributed by atoms with van der Waals surface area (Å²) in [4.78, 5) is 9.05. The number of hydrogen-bond donors (Lipinski definition) is 1. The Labute approximate surface area is 145 Å². The second kappa shape index (κ2) is 8.13. The van der Waals surface area contributed by atoms with Crippen LogP contribution in [-0.4, -0.2) is 17.1 Å². The van der Waals surface area contributed by atoms with Crippen molar-refractivity contribution in [3.05, 3.63) is 12.1 Å². The van der Waals surface area contributed by atoms with Crippen molar-refractivity contribution in [1.82, 2.24) is 9.97 Å². The van der Waals surface area contributed by atoms with Gasteiger partial charge in [-0.25, -0.2) is 15.2 Å². The molecule has 0 aromatic carbocycles. The quantitative estimate of drug-likeness (QED) is 0.380. The number of nitriles is 1. The average molecular weight is 278 g/mol. The Balaban J connectivity index is 0.000000511. The number of methoxy groups -OCH3 is 1. The molecule has 5 nitrogen and oxygen atoms in total. The van der Waals surface area contributed by atoms with Gasteiger partial charge in [0.05, 0.1) is 7.11 Å². The average Bonchev–Trinajstić information content (AvgIpc) is 2.57. The van der Waals surface area contributed by atoms with E-state index in [1.54, 1.807) is 13.2 Å². The van der Waals surface area contributed by atoms with Crippen molar-refractivity contribution in [3.8, 4) is 11.3 Å². The number of ether oxygens (including phenoxy) is 1. The smallest absolute Gasteiger partial charge is 0.696 e. The number of fused-ring (bicyclic) bond motifs is 1. The molecule has 0 bridgehead atoms. The van der Waals surface area contributed by atoms with Gasteiger partial charge in [0, 0.05) is 6.07 Å². The summed E-state index contributed by atoms with van der Waals surface area (Å²) in [5, 5.41) is 9.00. The van der Waals surface area contributed by atoms with Crippen LogP contribution < -0.4 is 61.9 Å². The second-order valence-corrected chi connectivity index (χ2v) is 3.51. The van der Waals surface area contributed by atoms with Crippen molar-refractivity contribution in [2.45, 2.75) is 0 Å². The molecule has 2 aromatic rings. The van der Waals surface area contributed by atoms with E-state index in [2.05, 4.69) is 22.6 Å². The normalized spacial score (nSPS) is 8.25. The number of thiazole rings is 1. The molecule has 0 radical (unpaired) electrons. The first-order valence-corrected chi connectivity index (χ1v) is 5.02. The summed E-state index contributed by atoms with van der Waals surface area (Å²) in [6.07, 6.45) is 0. The number of pyridine rings is 1. The molecule has 0 spiro atoms. The molecule has 0 fully saturated rings. The van der Waals surface area contributed by atoms with Gasteiger partial charge in [-0.2, -0.15) is 0 Å². The number of thiocyanates is 1. The Hall–Kier alpha value is -0.0136. The minimum Gasteiger partial charge on any atom is -0.696 e. The van der Waals surface area contributed by atoms with Gasteiger partial charge in [-0.1, -0.05) is 16.7 Å². The summed E-state index contributed by atoms with van der Waals surface area (Å²) >= 11 is 5.06. The zero-order valence-corrected chi connectivity index (χ0v) is 13.6. The molecule has 8 heteroatoms. The van der Waals surface area contributed by atoms with E-state index in [1.165, 1.54) is 16.7 Å². The number of nitrogens with two attached hydrogens (primary N) is 1. The summed E-state index contributed by atoms with van der Waals surface area (Å²) in [6.45, 7) is 0. The molecular weight excluding hydrogens is 271 g/mol. The van der Waals surface area contributed by atoms with Crippen LogP contribution >= 0.6 is 11.3 Å². The van der Waals surface area contributed by atoms with Gasteiger partial charge in [0.15, 0.2) is 5.13 Å². The van der Waals surface area contributed by atoms with Crippen molar-refractivity contribution >= 4 is 39.4 Å². The third-order valence-corrected chi connectivity index (χ3v) is 2.25. The summed E-state index contributed by atoms with van der Waals surface area (Å²) in [6, 6.07) is 3.61. The molecule has 78 valence electrons. The van der Waals surface area contributed by atoms with Crippen LogP contribution in [-0.2, 0) is 12.6 Å². The molecule has 0 unspecified atom stereocenters. The van der Waals surface area contributed by atoms with Crippen molar-refractivity contribution in [1.29, 1.82) is 5.26 Å². The predicted molar refractivity (Wildman–Crippen MR) is 61.4 cm³/mol. The predicted octanol–water partition coefficient (Wildman–Crippen LogP) is -1.70. The summed E-state index contributed by atoms with van der Waals surface area (Å²) < 4.78 is 4.96. The monoisotopic (exact) mass is 278 g/mol. The maximum absolute atomic E-state index is 7.13. The van der Waals surface area contributed by atoms with E-state index in [1.807, 2.05) is 6.07 Å². The van der Waals surface area contributed by atoms with Crippen LogP contribution in [0.4, 0.5) is 5.13 Å². The van der Waals surface area contributed by atoms with Crippen LogP contribution in [0.1, 0.15) is 0 Å². The van der Waals surface area contributed by atoms with E-state index in [-0.39, 0.29) is 51.4 Å². The fraction of sp³-hybridized carbons (Fsp3) is 0.125. The van der Waals surface area contributed by atoms with Crippen LogP contribution in [0.2, 0.25) is 0 Å². The van der Waals surface area contributed by atoms with Gasteiger partial charge in [0.1, 0.15) is 10.3 Å². The number of hydrogen-bond acceptors (Lipinski definition) is 7. The maximum atomic E-state index is 7.13. The standard InChI is InChI=1S/C7H7N3OS.CHNS.K/c1-11-5-3-2-4-6(10-5)12-7(8)9-4;2-1-3;/h2-3H,1H3,(H2,8,9);3H;/q;;+1/p-1. The van der Waals surface area contributed by atoms with Gasteiger partial charge in [-0.05, 0) is 6.07 Å². The Morgan fingerprint density at radius 3 is 2.69 bits per heavy atom. The zero-order valence-electron chi connectivity index (χ0n) is 8.80. The van der Waals surface area contributed by atoms with Gasteiger partial charge in [-0.3, -0.25) is 0 Å². The summed E-state index contributed by atoms with van der Waals surface area (Å²) in [5.41, 5.74) is 6.33. The first-order valence-electron chi connectivity index (χ1n) is 3.79. The molecule has 2 heterocycles. The Morgan fingerprint density at radius 1 is 1.50 bits per heavy atom. The van der Waals surface area contributed by atoms with Gasteiger partial charge >= 0.3 is 51.4 Å². The molecule has 2 aromatic heterocycles. The number of anilines is 1. The number of nitrogens with zero attached hydrogens (tertiary/aromatic N) is 3. The number of aromatic nitrogens is 2. The molecule has 0 saturated heterocycles. The van der Waals surface area contributed by atoms with Crippen LogP contribution in [0, 0.1) is 10.7 Å². The van der Waals surface area contributed by atoms with Gasteiger partial charge in [-0.15, -0.1) is 0 Å². The minimum absolute atomic E-state index is 0. The topological polar surface area (TPSA) is 84.8 Å². The summed E-state index contributed by atoms with van der Waals surface area (Å²) in [5.74, 6) is 0.589. The first kappa shape index (κ1) is 16.0. The van der Waals surface area contributed by atoms with Gasteiger partial charge in [0.25, 0.3) is 0 Å². The van der Waals surface area contributed by atoms with Gasteiger partial charge < -0.3 is 23.1 Å². The third kappa shape index (κ3) is 4.46. The van der Waals surface area contributed by atoms with Crippen LogP contribution in [0.25, 0.3) is 10.3 Å². The zero-order chi connectivity index (χ0) is 11.3. The molecule has 16 heavy (non-hydrogen) atoms. The SMILES string of the molecule is COc1ccc2nc(N)sc2n1.N#C[S-].[K+]. The molecular formula is C8H7KN4OS2. The molecule has 0 aliphatic rings. The van der Waals surface area contributed by atoms with Crippen LogP contribution in [0.15, 0.2) is 12.1 Å². The Bertz CT molecular complexity index is 496. The first-order chi connectivity index (χ1) is 7.21. The fourth-order valence-electron chi connectivity index (χ4n) is 0.931. The van der Waals surface area contributed by atoms with E-state index in [4.69, 9.17) is 15.7 Å². The second-order valence-electron chi connectivity index (χ2n) is 2.32. The molecule has 0 saturated carbocycles. The maximum Gasteiger partial charge on any atom is 1.00 e. The Kier molecular flexibility index (Phi) is 8.13. The molecule has 2 rings (SSSR count). The van der Waals surface area contributed by atoms with E-state index < -0.39 is 0 Å². The van der Waals surface area contributed by atoms with Crippen molar-refractivity contribution in [2.24, 2.45) is 0 Å². The summed E-state index contributed by atoms with van der Waals surface area (Å²) in [7, 11) is 1.58. The fourth-order valence-corrected chi connectivity index (χ4v) is 1.63. The number of rotatable bonds is 1. The van der Waals surface area contributed by atoms with E-state index >= 15 is 0 Å². The molecule has 0 amide bonds. The third-order valence-electron chi connectivity index (χ3n) is 1.46. The molecule has 2 N–H and O–H groups in total. The van der Waals surface area contributed by atoms with E-state index in [0.29, 0.717) is 11.0 Å². The largest absolute Gasteiger partial charge is 1.00 e.